The molecule has 4 rings (SSSR count). The average Bonchev–Trinajstić information content (AvgIpc) is 3.08. The lowest BCUT2D eigenvalue weighted by Gasteiger charge is -2.13. The zero-order valence-corrected chi connectivity index (χ0v) is 17.5. The molecule has 1 heterocycles. The zero-order valence-electron chi connectivity index (χ0n) is 17.5. The van der Waals surface area contributed by atoms with Crippen molar-refractivity contribution >= 4 is 22.6 Å². The van der Waals surface area contributed by atoms with Gasteiger partial charge in [0, 0.05) is 5.69 Å². The number of anilines is 1. The van der Waals surface area contributed by atoms with Crippen LogP contribution in [0.1, 0.15) is 22.5 Å². The maximum Gasteiger partial charge on any atom is 0.244 e. The highest BCUT2D eigenvalue weighted by atomic mass is 16.5. The minimum Gasteiger partial charge on any atom is -0.485 e. The molecule has 152 valence electrons. The molecular formula is C25H25N3O2. The van der Waals surface area contributed by atoms with Gasteiger partial charge >= 0.3 is 0 Å². The van der Waals surface area contributed by atoms with Gasteiger partial charge in [0.05, 0.1) is 11.0 Å². The molecule has 1 aromatic heterocycles. The van der Waals surface area contributed by atoms with Gasteiger partial charge in [0.25, 0.3) is 0 Å². The Morgan fingerprint density at radius 1 is 0.967 bits per heavy atom. The number of aromatic nitrogens is 2. The number of fused-ring (bicyclic) bond motifs is 1. The number of hydrogen-bond donors (Lipinski definition) is 1. The van der Waals surface area contributed by atoms with Crippen molar-refractivity contribution in [3.05, 3.63) is 89.2 Å². The summed E-state index contributed by atoms with van der Waals surface area (Å²) in [6, 6.07) is 21.7. The molecule has 0 aliphatic heterocycles. The molecule has 5 nitrogen and oxygen atoms in total. The molecule has 0 spiro atoms. The van der Waals surface area contributed by atoms with Crippen LogP contribution in [-0.2, 0) is 17.9 Å². The summed E-state index contributed by atoms with van der Waals surface area (Å²) in [5, 5.41) is 3.00. The van der Waals surface area contributed by atoms with Gasteiger partial charge in [-0.1, -0.05) is 42.5 Å². The van der Waals surface area contributed by atoms with Crippen LogP contribution in [0.15, 0.2) is 66.7 Å². The third-order valence-electron chi connectivity index (χ3n) is 5.15. The van der Waals surface area contributed by atoms with Crippen molar-refractivity contribution in [3.8, 4) is 5.75 Å². The number of ether oxygens (including phenoxy) is 1. The Morgan fingerprint density at radius 2 is 1.73 bits per heavy atom. The topological polar surface area (TPSA) is 56.2 Å². The summed E-state index contributed by atoms with van der Waals surface area (Å²) in [4.78, 5) is 17.5. The molecule has 0 saturated heterocycles. The SMILES string of the molecule is Cc1ccc(C)c(OCc2nc3ccccc3n2CC(=O)Nc2ccccc2C)c1. The van der Waals surface area contributed by atoms with Gasteiger partial charge in [0.1, 0.15) is 24.7 Å². The quantitative estimate of drug-likeness (QED) is 0.486. The Labute approximate surface area is 176 Å². The molecule has 1 N–H and O–H groups in total. The first-order valence-corrected chi connectivity index (χ1v) is 10.0. The van der Waals surface area contributed by atoms with E-state index in [2.05, 4.69) is 11.4 Å². The Morgan fingerprint density at radius 3 is 2.57 bits per heavy atom. The van der Waals surface area contributed by atoms with E-state index in [1.807, 2.05) is 86.0 Å². The van der Waals surface area contributed by atoms with E-state index < -0.39 is 0 Å². The molecule has 4 aromatic rings. The maximum absolute atomic E-state index is 12.8. The second-order valence-corrected chi connectivity index (χ2v) is 7.52. The lowest BCUT2D eigenvalue weighted by Crippen LogP contribution is -2.21. The van der Waals surface area contributed by atoms with E-state index in [0.717, 1.165) is 45.0 Å². The molecule has 5 heteroatoms. The van der Waals surface area contributed by atoms with Gasteiger partial charge in [0.15, 0.2) is 0 Å². The van der Waals surface area contributed by atoms with E-state index >= 15 is 0 Å². The van der Waals surface area contributed by atoms with Crippen LogP contribution in [-0.4, -0.2) is 15.5 Å². The van der Waals surface area contributed by atoms with E-state index in [0.29, 0.717) is 0 Å². The van der Waals surface area contributed by atoms with Crippen LogP contribution in [0.5, 0.6) is 5.75 Å². The number of carbonyl (C=O) groups excluding carboxylic acids is 1. The number of rotatable bonds is 6. The normalized spacial score (nSPS) is 10.9. The number of para-hydroxylation sites is 3. The minimum absolute atomic E-state index is 0.0968. The lowest BCUT2D eigenvalue weighted by atomic mass is 10.1. The van der Waals surface area contributed by atoms with Crippen molar-refractivity contribution in [2.24, 2.45) is 0 Å². The smallest absolute Gasteiger partial charge is 0.244 e. The van der Waals surface area contributed by atoms with E-state index in [4.69, 9.17) is 9.72 Å². The fourth-order valence-electron chi connectivity index (χ4n) is 3.46. The fourth-order valence-corrected chi connectivity index (χ4v) is 3.46. The van der Waals surface area contributed by atoms with E-state index in [1.165, 1.54) is 0 Å². The summed E-state index contributed by atoms with van der Waals surface area (Å²) >= 11 is 0. The van der Waals surface area contributed by atoms with Gasteiger partial charge in [0.2, 0.25) is 5.91 Å². The Bertz CT molecular complexity index is 1210. The first-order chi connectivity index (χ1) is 14.5. The van der Waals surface area contributed by atoms with Gasteiger partial charge in [-0.05, 0) is 61.7 Å². The van der Waals surface area contributed by atoms with Crippen molar-refractivity contribution in [2.75, 3.05) is 5.32 Å². The molecule has 0 aliphatic rings. The number of amides is 1. The second-order valence-electron chi connectivity index (χ2n) is 7.52. The van der Waals surface area contributed by atoms with Gasteiger partial charge in [-0.25, -0.2) is 4.98 Å². The number of benzene rings is 3. The highest BCUT2D eigenvalue weighted by Gasteiger charge is 2.15. The summed E-state index contributed by atoms with van der Waals surface area (Å²) in [5.41, 5.74) is 5.82. The molecule has 30 heavy (non-hydrogen) atoms. The molecule has 0 radical (unpaired) electrons. The zero-order chi connectivity index (χ0) is 21.1. The van der Waals surface area contributed by atoms with Crippen molar-refractivity contribution in [1.82, 2.24) is 9.55 Å². The maximum atomic E-state index is 12.8. The molecule has 0 bridgehead atoms. The number of hydrogen-bond acceptors (Lipinski definition) is 3. The Balaban J connectivity index is 1.59. The predicted molar refractivity (Wildman–Crippen MR) is 120 cm³/mol. The third kappa shape index (κ3) is 4.20. The fraction of sp³-hybridized carbons (Fsp3) is 0.200. The summed E-state index contributed by atoms with van der Waals surface area (Å²) in [5.74, 6) is 1.45. The standard InChI is InChI=1S/C25H25N3O2/c1-17-12-13-19(3)23(14-17)30-16-24-26-21-10-6-7-11-22(21)28(24)15-25(29)27-20-9-5-4-8-18(20)2/h4-14H,15-16H2,1-3H3,(H,27,29). The number of nitrogens with one attached hydrogen (secondary N) is 1. The molecule has 0 atom stereocenters. The van der Waals surface area contributed by atoms with Crippen LogP contribution in [0.4, 0.5) is 5.69 Å². The molecule has 0 saturated carbocycles. The lowest BCUT2D eigenvalue weighted by molar-refractivity contribution is -0.116. The van der Waals surface area contributed by atoms with Crippen LogP contribution in [0, 0.1) is 20.8 Å². The number of aryl methyl sites for hydroxylation is 3. The first kappa shape index (κ1) is 19.7. The van der Waals surface area contributed by atoms with E-state index in [-0.39, 0.29) is 19.1 Å². The third-order valence-corrected chi connectivity index (χ3v) is 5.15. The number of nitrogens with zero attached hydrogens (tertiary/aromatic N) is 2. The Hall–Kier alpha value is -3.60. The van der Waals surface area contributed by atoms with Gasteiger partial charge in [-0.15, -0.1) is 0 Å². The number of carbonyl (C=O) groups is 1. The molecule has 0 fully saturated rings. The van der Waals surface area contributed by atoms with Gasteiger partial charge < -0.3 is 14.6 Å². The van der Waals surface area contributed by atoms with Crippen LogP contribution in [0.3, 0.4) is 0 Å². The molecule has 0 unspecified atom stereocenters. The second kappa shape index (κ2) is 8.41. The van der Waals surface area contributed by atoms with E-state index in [1.54, 1.807) is 0 Å². The van der Waals surface area contributed by atoms with Crippen molar-refractivity contribution < 1.29 is 9.53 Å². The van der Waals surface area contributed by atoms with Crippen LogP contribution >= 0.6 is 0 Å². The first-order valence-electron chi connectivity index (χ1n) is 10.0. The summed E-state index contributed by atoms with van der Waals surface area (Å²) in [6.45, 7) is 6.49. The van der Waals surface area contributed by atoms with E-state index in [9.17, 15) is 4.79 Å². The summed E-state index contributed by atoms with van der Waals surface area (Å²) < 4.78 is 8.00. The number of imidazole rings is 1. The van der Waals surface area contributed by atoms with Gasteiger partial charge in [-0.2, -0.15) is 0 Å². The molecule has 1 amide bonds. The molecular weight excluding hydrogens is 374 g/mol. The Kier molecular flexibility index (Phi) is 5.53. The summed E-state index contributed by atoms with van der Waals surface area (Å²) in [6.07, 6.45) is 0. The largest absolute Gasteiger partial charge is 0.485 e. The predicted octanol–water partition coefficient (Wildman–Crippen LogP) is 5.18. The monoisotopic (exact) mass is 399 g/mol. The van der Waals surface area contributed by atoms with Crippen LogP contribution in [0.25, 0.3) is 11.0 Å². The van der Waals surface area contributed by atoms with Crippen LogP contribution in [0.2, 0.25) is 0 Å². The highest BCUT2D eigenvalue weighted by molar-refractivity contribution is 5.92. The summed E-state index contributed by atoms with van der Waals surface area (Å²) in [7, 11) is 0. The molecule has 3 aromatic carbocycles. The average molecular weight is 399 g/mol. The van der Waals surface area contributed by atoms with Crippen molar-refractivity contribution in [2.45, 2.75) is 33.9 Å². The minimum atomic E-state index is -0.0968. The highest BCUT2D eigenvalue weighted by Crippen LogP contribution is 2.22. The van der Waals surface area contributed by atoms with Crippen molar-refractivity contribution in [3.63, 3.8) is 0 Å². The van der Waals surface area contributed by atoms with Crippen LogP contribution < -0.4 is 10.1 Å². The van der Waals surface area contributed by atoms with Crippen molar-refractivity contribution in [1.29, 1.82) is 0 Å². The molecule has 0 aliphatic carbocycles. The van der Waals surface area contributed by atoms with Gasteiger partial charge in [-0.3, -0.25) is 4.79 Å².